The Morgan fingerprint density at radius 3 is 1.32 bits per heavy atom. The summed E-state index contributed by atoms with van der Waals surface area (Å²) in [7, 11) is 0. The second kappa shape index (κ2) is 16.4. The van der Waals surface area contributed by atoms with Crippen LogP contribution in [0, 0.1) is 0 Å². The highest BCUT2D eigenvalue weighted by Crippen LogP contribution is 2.56. The number of rotatable bonds is 8. The summed E-state index contributed by atoms with van der Waals surface area (Å²) in [5.74, 6) is 1.87. The first-order chi connectivity index (χ1) is 33.7. The molecule has 4 heteroatoms. The second-order valence-corrected chi connectivity index (χ2v) is 18.5. The van der Waals surface area contributed by atoms with Gasteiger partial charge in [0.25, 0.3) is 0 Å². The van der Waals surface area contributed by atoms with Crippen LogP contribution in [0.3, 0.4) is 0 Å². The molecule has 0 saturated heterocycles. The monoisotopic (exact) mass is 883 g/mol. The van der Waals surface area contributed by atoms with Gasteiger partial charge >= 0.3 is 0 Å². The molecule has 0 bridgehead atoms. The number of nitrogens with zero attached hydrogens (tertiary/aromatic N) is 3. The van der Waals surface area contributed by atoms with Gasteiger partial charge in [0.05, 0.1) is 5.41 Å². The van der Waals surface area contributed by atoms with Crippen LogP contribution in [0.2, 0.25) is 0 Å². The Hall–Kier alpha value is -8.57. The third-order valence-electron chi connectivity index (χ3n) is 13.7. The lowest BCUT2D eigenvalue weighted by Gasteiger charge is -2.34. The van der Waals surface area contributed by atoms with Gasteiger partial charge in [-0.2, -0.15) is 0 Å². The van der Waals surface area contributed by atoms with E-state index >= 15 is 0 Å². The molecule has 0 aliphatic heterocycles. The van der Waals surface area contributed by atoms with Gasteiger partial charge in [-0.1, -0.05) is 237 Å². The van der Waals surface area contributed by atoms with E-state index in [9.17, 15) is 0 Å². The maximum absolute atomic E-state index is 5.30. The van der Waals surface area contributed by atoms with E-state index in [0.29, 0.717) is 17.5 Å². The van der Waals surface area contributed by atoms with Crippen molar-refractivity contribution >= 4 is 31.5 Å². The van der Waals surface area contributed by atoms with Gasteiger partial charge in [-0.15, -0.1) is 11.3 Å². The minimum Gasteiger partial charge on any atom is -0.208 e. The molecule has 0 unspecified atom stereocenters. The quantitative estimate of drug-likeness (QED) is 0.153. The van der Waals surface area contributed by atoms with Gasteiger partial charge in [-0.05, 0) is 78.9 Å². The Balaban J connectivity index is 0.912. The van der Waals surface area contributed by atoms with Crippen molar-refractivity contribution < 1.29 is 0 Å². The van der Waals surface area contributed by atoms with Gasteiger partial charge < -0.3 is 0 Å². The predicted molar refractivity (Wildman–Crippen MR) is 283 cm³/mol. The van der Waals surface area contributed by atoms with E-state index in [1.165, 1.54) is 70.2 Å². The average molecular weight is 884 g/mol. The fraction of sp³-hybridized carbons (Fsp3) is 0.0156. The van der Waals surface area contributed by atoms with E-state index in [1.807, 2.05) is 17.4 Å². The molecular weight excluding hydrogens is 843 g/mol. The van der Waals surface area contributed by atoms with E-state index in [0.717, 1.165) is 33.4 Å². The molecular formula is C64H41N3S. The van der Waals surface area contributed by atoms with Crippen molar-refractivity contribution in [2.24, 2.45) is 0 Å². The van der Waals surface area contributed by atoms with E-state index in [4.69, 9.17) is 15.0 Å². The van der Waals surface area contributed by atoms with E-state index in [1.54, 1.807) is 0 Å². The molecule has 2 heterocycles. The third-order valence-corrected chi connectivity index (χ3v) is 14.9. The predicted octanol–water partition coefficient (Wildman–Crippen LogP) is 16.6. The Bertz CT molecular complexity index is 3770. The van der Waals surface area contributed by atoms with Crippen molar-refractivity contribution in [3.63, 3.8) is 0 Å². The van der Waals surface area contributed by atoms with Crippen molar-refractivity contribution in [3.05, 3.63) is 271 Å². The summed E-state index contributed by atoms with van der Waals surface area (Å²) < 4.78 is 2.64. The molecule has 10 aromatic carbocycles. The summed E-state index contributed by atoms with van der Waals surface area (Å²) in [4.78, 5) is 15.8. The normalized spacial score (nSPS) is 12.5. The van der Waals surface area contributed by atoms with Crippen LogP contribution >= 0.6 is 11.3 Å². The summed E-state index contributed by atoms with van der Waals surface area (Å²) >= 11 is 1.87. The maximum Gasteiger partial charge on any atom is 0.164 e. The molecule has 0 atom stereocenters. The fourth-order valence-corrected chi connectivity index (χ4v) is 11.7. The molecule has 2 aromatic heterocycles. The van der Waals surface area contributed by atoms with E-state index < -0.39 is 5.41 Å². The Labute approximate surface area is 399 Å². The minimum absolute atomic E-state index is 0.545. The van der Waals surface area contributed by atoms with Crippen molar-refractivity contribution in [2.75, 3.05) is 0 Å². The lowest BCUT2D eigenvalue weighted by molar-refractivity contribution is 0.768. The van der Waals surface area contributed by atoms with Crippen LogP contribution in [0.25, 0.3) is 98.8 Å². The zero-order chi connectivity index (χ0) is 45.0. The zero-order valence-electron chi connectivity index (χ0n) is 36.9. The molecule has 0 fully saturated rings. The Morgan fingerprint density at radius 1 is 0.279 bits per heavy atom. The van der Waals surface area contributed by atoms with Gasteiger partial charge in [0, 0.05) is 36.9 Å². The molecule has 0 spiro atoms. The van der Waals surface area contributed by atoms with Crippen molar-refractivity contribution in [1.29, 1.82) is 0 Å². The van der Waals surface area contributed by atoms with Crippen LogP contribution in [-0.4, -0.2) is 15.0 Å². The van der Waals surface area contributed by atoms with Crippen LogP contribution < -0.4 is 0 Å². The van der Waals surface area contributed by atoms with Gasteiger partial charge in [0.2, 0.25) is 0 Å². The molecule has 3 nitrogen and oxygen atoms in total. The number of aromatic nitrogens is 3. The third kappa shape index (κ3) is 6.60. The topological polar surface area (TPSA) is 38.7 Å². The van der Waals surface area contributed by atoms with Crippen LogP contribution in [0.15, 0.2) is 249 Å². The summed E-state index contributed by atoms with van der Waals surface area (Å²) in [5, 5.41) is 2.63. The Morgan fingerprint density at radius 2 is 0.706 bits per heavy atom. The van der Waals surface area contributed by atoms with E-state index in [-0.39, 0.29) is 0 Å². The summed E-state index contributed by atoms with van der Waals surface area (Å²) in [6.45, 7) is 0. The maximum atomic E-state index is 5.30. The number of hydrogen-bond acceptors (Lipinski definition) is 4. The lowest BCUT2D eigenvalue weighted by Crippen LogP contribution is -2.28. The number of fused-ring (bicyclic) bond motifs is 6. The molecule has 318 valence electrons. The molecule has 0 N–H and O–H groups in total. The summed E-state index contributed by atoms with van der Waals surface area (Å²) in [6.07, 6.45) is 0. The molecule has 0 amide bonds. The molecule has 1 aliphatic rings. The van der Waals surface area contributed by atoms with Gasteiger partial charge in [-0.25, -0.2) is 15.0 Å². The number of thiophene rings is 1. The van der Waals surface area contributed by atoms with Crippen molar-refractivity contribution in [2.45, 2.75) is 5.41 Å². The molecule has 68 heavy (non-hydrogen) atoms. The molecule has 0 radical (unpaired) electrons. The number of hydrogen-bond donors (Lipinski definition) is 0. The fourth-order valence-electron chi connectivity index (χ4n) is 10.4. The highest BCUT2D eigenvalue weighted by molar-refractivity contribution is 7.26. The first kappa shape index (κ1) is 39.8. The first-order valence-electron chi connectivity index (χ1n) is 23.1. The van der Waals surface area contributed by atoms with E-state index in [2.05, 4.69) is 243 Å². The average Bonchev–Trinajstić information content (AvgIpc) is 3.95. The Kier molecular flexibility index (Phi) is 9.59. The highest BCUT2D eigenvalue weighted by atomic mass is 32.1. The van der Waals surface area contributed by atoms with Gasteiger partial charge in [0.1, 0.15) is 0 Å². The van der Waals surface area contributed by atoms with Crippen molar-refractivity contribution in [1.82, 2.24) is 15.0 Å². The number of benzene rings is 10. The first-order valence-corrected chi connectivity index (χ1v) is 23.9. The summed E-state index contributed by atoms with van der Waals surface area (Å²) in [6, 6.07) is 89.3. The lowest BCUT2D eigenvalue weighted by atomic mass is 9.67. The van der Waals surface area contributed by atoms with Crippen LogP contribution in [0.5, 0.6) is 0 Å². The molecule has 12 aromatic rings. The zero-order valence-corrected chi connectivity index (χ0v) is 37.7. The largest absolute Gasteiger partial charge is 0.208 e. The van der Waals surface area contributed by atoms with Gasteiger partial charge in [-0.3, -0.25) is 0 Å². The minimum atomic E-state index is -0.545. The smallest absolute Gasteiger partial charge is 0.164 e. The van der Waals surface area contributed by atoms with Crippen molar-refractivity contribution in [3.8, 4) is 78.7 Å². The second-order valence-electron chi connectivity index (χ2n) is 17.5. The molecule has 1 aliphatic carbocycles. The SMILES string of the molecule is c1ccc(-c2ccc(-c3nc(-c4ccc(-c5ccc(-c6cccc7c6sc6ccccc67)cc5)cc4)nc(-c4ccc5c(c4)C(c4ccccc4)(c4ccccc4)c4ccccc4-5)n3)cc2)cc1. The summed E-state index contributed by atoms with van der Waals surface area (Å²) in [5.41, 5.74) is 16.7. The molecule has 13 rings (SSSR count). The van der Waals surface area contributed by atoms with Crippen LogP contribution in [-0.2, 0) is 5.41 Å². The molecule has 0 saturated carbocycles. The van der Waals surface area contributed by atoms with Gasteiger partial charge in [0.15, 0.2) is 17.5 Å². The van der Waals surface area contributed by atoms with Crippen LogP contribution in [0.4, 0.5) is 0 Å². The highest BCUT2D eigenvalue weighted by Gasteiger charge is 2.46. The van der Waals surface area contributed by atoms with Crippen LogP contribution in [0.1, 0.15) is 22.3 Å². The standard InChI is InChI=1S/C64H41N3S/c1-4-15-42(16-5-1)43-29-35-47(36-30-43)61-65-62(48-37-31-45(32-38-48)44-27-33-46(34-28-44)52-23-14-24-56-55-22-11-13-26-59(55)68-60(52)56)67-63(66-61)49-39-40-54-53-21-10-12-25-57(53)64(58(54)41-49,50-17-6-2-7-18-50)51-19-8-3-9-20-51/h1-41H.